The second-order valence-electron chi connectivity index (χ2n) is 6.21. The summed E-state index contributed by atoms with van der Waals surface area (Å²) < 4.78 is 11.0. The zero-order valence-electron chi connectivity index (χ0n) is 14.4. The first kappa shape index (κ1) is 17.4. The summed E-state index contributed by atoms with van der Waals surface area (Å²) in [4.78, 5) is 27.5. The van der Waals surface area contributed by atoms with Crippen molar-refractivity contribution in [3.05, 3.63) is 69.1 Å². The molecule has 0 fully saturated rings. The summed E-state index contributed by atoms with van der Waals surface area (Å²) in [5.74, 6) is 0.870. The minimum absolute atomic E-state index is 0.0592. The van der Waals surface area contributed by atoms with Crippen LogP contribution in [0.5, 0.6) is 5.75 Å². The number of fused-ring (bicyclic) bond motifs is 4. The van der Waals surface area contributed by atoms with Gasteiger partial charge < -0.3 is 20.0 Å². The lowest BCUT2D eigenvalue weighted by Gasteiger charge is -2.32. The lowest BCUT2D eigenvalue weighted by Crippen LogP contribution is -2.47. The van der Waals surface area contributed by atoms with Crippen molar-refractivity contribution in [3.63, 3.8) is 0 Å². The van der Waals surface area contributed by atoms with E-state index in [4.69, 9.17) is 21.3 Å². The van der Waals surface area contributed by atoms with Gasteiger partial charge in [-0.3, -0.25) is 14.5 Å². The Hall–Kier alpha value is -4.01. The molecule has 3 heterocycles. The zero-order valence-corrected chi connectivity index (χ0v) is 14.4. The number of terminal acetylenes is 1. The number of aliphatic hydroxyl groups excluding tert-OH is 1. The molecule has 8 heteroatoms. The van der Waals surface area contributed by atoms with E-state index in [2.05, 4.69) is 5.92 Å². The molecular formula is C20H13N3O5. The number of nitrogens with zero attached hydrogens (tertiary/aromatic N) is 2. The lowest BCUT2D eigenvalue weighted by atomic mass is 9.72. The van der Waals surface area contributed by atoms with E-state index in [0.29, 0.717) is 11.3 Å². The molecule has 28 heavy (non-hydrogen) atoms. The molecule has 1 spiro atoms. The molecule has 0 bridgehead atoms. The van der Waals surface area contributed by atoms with Crippen LogP contribution in [0.1, 0.15) is 17.1 Å². The Morgan fingerprint density at radius 2 is 2.07 bits per heavy atom. The average Bonchev–Trinajstić information content (AvgIpc) is 2.93. The van der Waals surface area contributed by atoms with Gasteiger partial charge in [-0.1, -0.05) is 24.1 Å². The molecule has 0 aliphatic carbocycles. The highest BCUT2D eigenvalue weighted by Gasteiger charge is 2.61. The predicted molar refractivity (Wildman–Crippen MR) is 96.8 cm³/mol. The Labute approximate surface area is 159 Å². The van der Waals surface area contributed by atoms with Crippen molar-refractivity contribution in [1.82, 2.24) is 0 Å². The van der Waals surface area contributed by atoms with E-state index in [-0.39, 0.29) is 35.3 Å². The predicted octanol–water partition coefficient (Wildman–Crippen LogP) is 0.484. The molecule has 2 aliphatic rings. The largest absolute Gasteiger partial charge is 0.457 e. The van der Waals surface area contributed by atoms with Crippen LogP contribution < -0.4 is 20.8 Å². The number of aliphatic hydroxyl groups is 1. The maximum atomic E-state index is 13.6. The van der Waals surface area contributed by atoms with Crippen LogP contribution in [-0.2, 0) is 16.8 Å². The summed E-state index contributed by atoms with van der Waals surface area (Å²) in [6.07, 6.45) is 5.43. The third-order valence-corrected chi connectivity index (χ3v) is 4.81. The van der Waals surface area contributed by atoms with Crippen LogP contribution in [0, 0.1) is 23.7 Å². The van der Waals surface area contributed by atoms with Gasteiger partial charge in [-0.15, -0.1) is 6.42 Å². The summed E-state index contributed by atoms with van der Waals surface area (Å²) in [7, 11) is 0. The molecule has 1 aromatic carbocycles. The van der Waals surface area contributed by atoms with Gasteiger partial charge in [0.1, 0.15) is 24.0 Å². The van der Waals surface area contributed by atoms with Crippen LogP contribution in [0.4, 0.5) is 5.69 Å². The van der Waals surface area contributed by atoms with Crippen LogP contribution in [0.3, 0.4) is 0 Å². The first-order valence-electron chi connectivity index (χ1n) is 8.22. The fourth-order valence-corrected chi connectivity index (χ4v) is 3.71. The maximum Gasteiger partial charge on any atom is 0.251 e. The molecule has 0 saturated carbocycles. The molecule has 8 nitrogen and oxygen atoms in total. The summed E-state index contributed by atoms with van der Waals surface area (Å²) in [5, 5.41) is 19.3. The third-order valence-electron chi connectivity index (χ3n) is 4.81. The SMILES string of the molecule is C#CCN1C(=O)C2(C(C#N)=C(N)Oc3c2oc(CO)cc3=O)c2ccccc21. The van der Waals surface area contributed by atoms with Crippen LogP contribution in [0.25, 0.3) is 0 Å². The Kier molecular flexibility index (Phi) is 3.74. The smallest absolute Gasteiger partial charge is 0.251 e. The van der Waals surface area contributed by atoms with Gasteiger partial charge in [0.25, 0.3) is 5.91 Å². The van der Waals surface area contributed by atoms with E-state index >= 15 is 0 Å². The van der Waals surface area contributed by atoms with Crippen molar-refractivity contribution < 1.29 is 19.1 Å². The van der Waals surface area contributed by atoms with Gasteiger partial charge in [-0.05, 0) is 6.07 Å². The van der Waals surface area contributed by atoms with Crippen LogP contribution in [0.2, 0.25) is 0 Å². The van der Waals surface area contributed by atoms with E-state index in [0.717, 1.165) is 6.07 Å². The first-order chi connectivity index (χ1) is 13.5. The molecular weight excluding hydrogens is 362 g/mol. The summed E-state index contributed by atoms with van der Waals surface area (Å²) in [5.41, 5.74) is 4.11. The number of carbonyl (C=O) groups excluding carboxylic acids is 1. The van der Waals surface area contributed by atoms with Crippen molar-refractivity contribution in [2.24, 2.45) is 5.73 Å². The quantitative estimate of drug-likeness (QED) is 0.730. The monoisotopic (exact) mass is 375 g/mol. The molecule has 1 atom stereocenters. The van der Waals surface area contributed by atoms with Crippen molar-refractivity contribution in [2.45, 2.75) is 12.0 Å². The number of nitrogens with two attached hydrogens (primary N) is 1. The van der Waals surface area contributed by atoms with Gasteiger partial charge >= 0.3 is 0 Å². The summed E-state index contributed by atoms with van der Waals surface area (Å²) in [6.45, 7) is -0.639. The molecule has 1 unspecified atom stereocenters. The molecule has 138 valence electrons. The number of rotatable bonds is 2. The Morgan fingerprint density at radius 1 is 1.32 bits per heavy atom. The summed E-state index contributed by atoms with van der Waals surface area (Å²) in [6, 6.07) is 9.67. The molecule has 2 aliphatic heterocycles. The Balaban J connectivity index is 2.19. The molecule has 2 aromatic rings. The maximum absolute atomic E-state index is 13.6. The van der Waals surface area contributed by atoms with E-state index in [1.165, 1.54) is 4.90 Å². The number of benzene rings is 1. The van der Waals surface area contributed by atoms with Gasteiger partial charge in [0.15, 0.2) is 11.2 Å². The first-order valence-corrected chi connectivity index (χ1v) is 8.22. The molecule has 0 saturated heterocycles. The zero-order chi connectivity index (χ0) is 20.1. The molecule has 1 aromatic heterocycles. The number of amides is 1. The normalized spacial score (nSPS) is 19.7. The number of hydrogen-bond acceptors (Lipinski definition) is 7. The van der Waals surface area contributed by atoms with E-state index in [1.807, 2.05) is 6.07 Å². The minimum Gasteiger partial charge on any atom is -0.457 e. The molecule has 4 rings (SSSR count). The van der Waals surface area contributed by atoms with E-state index in [1.54, 1.807) is 24.3 Å². The van der Waals surface area contributed by atoms with Crippen molar-refractivity contribution >= 4 is 11.6 Å². The molecule has 0 radical (unpaired) electrons. The Bertz CT molecular complexity index is 1200. The van der Waals surface area contributed by atoms with Crippen LogP contribution >= 0.6 is 0 Å². The highest BCUT2D eigenvalue weighted by Crippen LogP contribution is 2.54. The topological polar surface area (TPSA) is 130 Å². The highest BCUT2D eigenvalue weighted by atomic mass is 16.5. The van der Waals surface area contributed by atoms with E-state index < -0.39 is 23.4 Å². The lowest BCUT2D eigenvalue weighted by molar-refractivity contribution is -0.121. The highest BCUT2D eigenvalue weighted by molar-refractivity contribution is 6.13. The van der Waals surface area contributed by atoms with Gasteiger partial charge in [0.05, 0.1) is 6.54 Å². The molecule has 1 amide bonds. The second-order valence-corrected chi connectivity index (χ2v) is 6.21. The van der Waals surface area contributed by atoms with Crippen molar-refractivity contribution in [1.29, 1.82) is 5.26 Å². The third kappa shape index (κ3) is 1.98. The van der Waals surface area contributed by atoms with Gasteiger partial charge in [-0.25, -0.2) is 0 Å². The summed E-state index contributed by atoms with van der Waals surface area (Å²) >= 11 is 0. The van der Waals surface area contributed by atoms with Gasteiger partial charge in [0.2, 0.25) is 17.1 Å². The van der Waals surface area contributed by atoms with Crippen molar-refractivity contribution in [2.75, 3.05) is 11.4 Å². The van der Waals surface area contributed by atoms with E-state index in [9.17, 15) is 20.0 Å². The standard InChI is InChI=1S/C20H13N3O5/c1-2-7-23-14-6-4-3-5-12(14)20(19(23)26)13(9-21)18(22)28-16-15(25)8-11(10-24)27-17(16)20/h1,3-6,8,24H,7,10,22H2. The average molecular weight is 375 g/mol. The van der Waals surface area contributed by atoms with Gasteiger partial charge in [-0.2, -0.15) is 5.26 Å². The number of nitriles is 1. The van der Waals surface area contributed by atoms with Crippen LogP contribution in [-0.4, -0.2) is 17.6 Å². The number of ether oxygens (including phenoxy) is 1. The second kappa shape index (κ2) is 6.02. The number of para-hydroxylation sites is 1. The number of hydrogen-bond donors (Lipinski definition) is 2. The Morgan fingerprint density at radius 3 is 2.75 bits per heavy atom. The fourth-order valence-electron chi connectivity index (χ4n) is 3.71. The number of anilines is 1. The number of carbonyl (C=O) groups is 1. The van der Waals surface area contributed by atoms with Crippen molar-refractivity contribution in [3.8, 4) is 24.2 Å². The van der Waals surface area contributed by atoms with Gasteiger partial charge in [0, 0.05) is 17.3 Å². The fraction of sp³-hybridized carbons (Fsp3) is 0.150. The molecule has 3 N–H and O–H groups in total. The minimum atomic E-state index is -1.83. The van der Waals surface area contributed by atoms with Crippen LogP contribution in [0.15, 0.2) is 51.0 Å².